The molecule has 2 aliphatic rings. The molecule has 0 spiro atoms. The van der Waals surface area contributed by atoms with Crippen LogP contribution in [0.4, 0.5) is 18.9 Å². The number of amides is 2. The number of carbonyl (C=O) groups is 3. The van der Waals surface area contributed by atoms with Gasteiger partial charge in [0.15, 0.2) is 0 Å². The third-order valence-corrected chi connectivity index (χ3v) is 5.62. The van der Waals surface area contributed by atoms with Gasteiger partial charge in [-0.3, -0.25) is 18.7 Å². The lowest BCUT2D eigenvalue weighted by atomic mass is 10.1. The number of nitrogens with one attached hydrogen (secondary N) is 1. The molecule has 2 saturated heterocycles. The smallest absolute Gasteiger partial charge is 0.369 e. The minimum atomic E-state index is -5.38. The number of imide groups is 1. The van der Waals surface area contributed by atoms with Crippen molar-refractivity contribution in [2.75, 3.05) is 31.1 Å². The van der Waals surface area contributed by atoms with Crippen LogP contribution in [0.2, 0.25) is 0 Å². The largest absolute Gasteiger partial charge is 0.493 e. The van der Waals surface area contributed by atoms with Crippen molar-refractivity contribution in [2.45, 2.75) is 25.1 Å². The highest BCUT2D eigenvalue weighted by Gasteiger charge is 2.47. The van der Waals surface area contributed by atoms with Gasteiger partial charge in [-0.1, -0.05) is 0 Å². The lowest BCUT2D eigenvalue weighted by molar-refractivity contribution is -0.238. The van der Waals surface area contributed by atoms with Crippen LogP contribution in [0.1, 0.15) is 18.9 Å². The number of benzene rings is 1. The SMILES string of the molecule is Cn1c(=O)n(C2CCC(=O)N(OC(=O)C(F)(F)F)C2=O)c2ccc(N3CCNCC3)cc21. The quantitative estimate of drug-likeness (QED) is 0.671. The number of hydrogen-bond acceptors (Lipinski definition) is 7. The van der Waals surface area contributed by atoms with Crippen molar-refractivity contribution in [1.29, 1.82) is 0 Å². The average Bonchev–Trinajstić information content (AvgIpc) is 3.01. The molecule has 1 aromatic heterocycles. The fourth-order valence-corrected chi connectivity index (χ4v) is 3.99. The molecule has 2 amide bonds. The molecule has 2 fully saturated rings. The second-order valence-corrected chi connectivity index (χ2v) is 7.58. The zero-order chi connectivity index (χ0) is 23.2. The summed E-state index contributed by atoms with van der Waals surface area (Å²) in [6.45, 7) is 3.19. The van der Waals surface area contributed by atoms with E-state index >= 15 is 0 Å². The number of halogens is 3. The molecule has 4 rings (SSSR count). The van der Waals surface area contributed by atoms with E-state index in [2.05, 4.69) is 15.1 Å². The molecule has 0 radical (unpaired) electrons. The van der Waals surface area contributed by atoms with Crippen molar-refractivity contribution in [3.8, 4) is 0 Å². The molecule has 3 heterocycles. The van der Waals surface area contributed by atoms with Crippen LogP contribution in [0.5, 0.6) is 0 Å². The summed E-state index contributed by atoms with van der Waals surface area (Å²) in [5, 5.41) is 3.06. The fraction of sp³-hybridized carbons (Fsp3) is 0.474. The number of carbonyl (C=O) groups excluding carboxylic acids is 3. The molecule has 1 atom stereocenters. The van der Waals surface area contributed by atoms with Gasteiger partial charge >= 0.3 is 17.8 Å². The van der Waals surface area contributed by atoms with Crippen LogP contribution >= 0.6 is 0 Å². The Hall–Kier alpha value is -3.35. The summed E-state index contributed by atoms with van der Waals surface area (Å²) in [6, 6.07) is 3.96. The highest BCUT2D eigenvalue weighted by molar-refractivity contribution is 6.00. The second-order valence-electron chi connectivity index (χ2n) is 7.58. The third kappa shape index (κ3) is 3.72. The van der Waals surface area contributed by atoms with Crippen LogP contribution in [0.15, 0.2) is 23.0 Å². The number of anilines is 1. The van der Waals surface area contributed by atoms with Crippen molar-refractivity contribution in [3.63, 3.8) is 0 Å². The first kappa shape index (κ1) is 21.9. The van der Waals surface area contributed by atoms with Gasteiger partial charge in [-0.05, 0) is 24.6 Å². The highest BCUT2D eigenvalue weighted by Crippen LogP contribution is 2.30. The maximum absolute atomic E-state index is 12.9. The third-order valence-electron chi connectivity index (χ3n) is 5.62. The van der Waals surface area contributed by atoms with Crippen LogP contribution < -0.4 is 15.9 Å². The molecule has 32 heavy (non-hydrogen) atoms. The van der Waals surface area contributed by atoms with Gasteiger partial charge in [0, 0.05) is 45.3 Å². The lowest BCUT2D eigenvalue weighted by Gasteiger charge is -2.30. The highest BCUT2D eigenvalue weighted by atomic mass is 19.4. The summed E-state index contributed by atoms with van der Waals surface area (Å²) in [5.41, 5.74) is 1.21. The molecule has 0 bridgehead atoms. The normalized spacial score (nSPS) is 20.2. The first-order chi connectivity index (χ1) is 15.1. The first-order valence-corrected chi connectivity index (χ1v) is 9.92. The summed E-state index contributed by atoms with van der Waals surface area (Å²) in [7, 11) is 1.52. The Bertz CT molecular complexity index is 1150. The van der Waals surface area contributed by atoms with E-state index in [1.54, 1.807) is 18.2 Å². The molecule has 172 valence electrons. The Morgan fingerprint density at radius 1 is 1.12 bits per heavy atom. The van der Waals surface area contributed by atoms with E-state index in [4.69, 9.17) is 0 Å². The molecule has 2 aliphatic heterocycles. The minimum absolute atomic E-state index is 0.115. The topological polar surface area (TPSA) is 106 Å². The molecule has 1 aromatic carbocycles. The minimum Gasteiger partial charge on any atom is -0.369 e. The van der Waals surface area contributed by atoms with Crippen LogP contribution in [0, 0.1) is 0 Å². The Labute approximate surface area is 179 Å². The summed E-state index contributed by atoms with van der Waals surface area (Å²) in [6.07, 6.45) is -5.87. The number of nitrogens with zero attached hydrogens (tertiary/aromatic N) is 4. The van der Waals surface area contributed by atoms with Crippen molar-refractivity contribution in [2.24, 2.45) is 7.05 Å². The van der Waals surface area contributed by atoms with Crippen LogP contribution in [0.25, 0.3) is 11.0 Å². The van der Waals surface area contributed by atoms with Gasteiger partial charge < -0.3 is 15.1 Å². The molecule has 1 unspecified atom stereocenters. The van der Waals surface area contributed by atoms with E-state index in [9.17, 15) is 32.3 Å². The summed E-state index contributed by atoms with van der Waals surface area (Å²) in [4.78, 5) is 55.0. The molecule has 1 N–H and O–H groups in total. The van der Waals surface area contributed by atoms with E-state index < -0.39 is 35.7 Å². The molecule has 13 heteroatoms. The Morgan fingerprint density at radius 2 is 1.81 bits per heavy atom. The van der Waals surface area contributed by atoms with Gasteiger partial charge in [-0.15, -0.1) is 5.06 Å². The van der Waals surface area contributed by atoms with Gasteiger partial charge in [0.25, 0.3) is 11.8 Å². The zero-order valence-electron chi connectivity index (χ0n) is 17.0. The number of alkyl halides is 3. The van der Waals surface area contributed by atoms with E-state index in [-0.39, 0.29) is 17.9 Å². The number of piperidine rings is 1. The standard InChI is InChI=1S/C19H20F3N5O5/c1-24-14-10-11(25-8-6-23-7-9-25)2-3-12(14)26(18(24)31)13-4-5-15(28)27(16(13)29)32-17(30)19(20,21)22/h2-3,10,13,23H,4-9H2,1H3. The Balaban J connectivity index is 1.70. The van der Waals surface area contributed by atoms with Crippen molar-refractivity contribution < 1.29 is 32.4 Å². The van der Waals surface area contributed by atoms with E-state index in [1.807, 2.05) is 0 Å². The number of imidazole rings is 1. The van der Waals surface area contributed by atoms with Crippen LogP contribution in [-0.4, -0.2) is 64.3 Å². The van der Waals surface area contributed by atoms with Gasteiger partial charge in [0.1, 0.15) is 6.04 Å². The first-order valence-electron chi connectivity index (χ1n) is 9.92. The molecule has 10 nitrogen and oxygen atoms in total. The molecular formula is C19H20F3N5O5. The maximum atomic E-state index is 12.9. The van der Waals surface area contributed by atoms with Gasteiger partial charge in [-0.2, -0.15) is 13.2 Å². The number of aryl methyl sites for hydroxylation is 1. The van der Waals surface area contributed by atoms with Gasteiger partial charge in [0.2, 0.25) is 0 Å². The predicted octanol–water partition coefficient (Wildman–Crippen LogP) is 0.460. The summed E-state index contributed by atoms with van der Waals surface area (Å²) < 4.78 is 40.1. The second kappa shape index (κ2) is 7.97. The zero-order valence-corrected chi connectivity index (χ0v) is 17.0. The van der Waals surface area contributed by atoms with Gasteiger partial charge in [0.05, 0.1) is 11.0 Å². The van der Waals surface area contributed by atoms with E-state index in [1.165, 1.54) is 11.6 Å². The van der Waals surface area contributed by atoms with Crippen LogP contribution in [-0.2, 0) is 26.3 Å². The summed E-state index contributed by atoms with van der Waals surface area (Å²) in [5.74, 6) is -4.98. The predicted molar refractivity (Wildman–Crippen MR) is 105 cm³/mol. The number of hydroxylamine groups is 2. The Morgan fingerprint density at radius 3 is 2.47 bits per heavy atom. The average molecular weight is 455 g/mol. The van der Waals surface area contributed by atoms with Crippen molar-refractivity contribution in [1.82, 2.24) is 19.5 Å². The van der Waals surface area contributed by atoms with Gasteiger partial charge in [-0.25, -0.2) is 9.59 Å². The van der Waals surface area contributed by atoms with E-state index in [0.717, 1.165) is 36.4 Å². The van der Waals surface area contributed by atoms with E-state index in [0.29, 0.717) is 11.0 Å². The molecule has 0 saturated carbocycles. The molecule has 0 aliphatic carbocycles. The molecule has 2 aromatic rings. The van der Waals surface area contributed by atoms with Crippen molar-refractivity contribution in [3.05, 3.63) is 28.7 Å². The van der Waals surface area contributed by atoms with Crippen LogP contribution in [0.3, 0.4) is 0 Å². The number of piperazine rings is 1. The number of hydrogen-bond donors (Lipinski definition) is 1. The number of fused-ring (bicyclic) bond motifs is 1. The number of aromatic nitrogens is 2. The number of rotatable bonds is 3. The maximum Gasteiger partial charge on any atom is 0.493 e. The fourth-order valence-electron chi connectivity index (χ4n) is 3.99. The Kier molecular flexibility index (Phi) is 5.44. The monoisotopic (exact) mass is 455 g/mol. The van der Waals surface area contributed by atoms with Crippen molar-refractivity contribution >= 4 is 34.5 Å². The summed E-state index contributed by atoms with van der Waals surface area (Å²) >= 11 is 0. The lowest BCUT2D eigenvalue weighted by Crippen LogP contribution is -2.49. The molecular weight excluding hydrogens is 435 g/mol.